The number of terminal acetylenes is 1. The molecule has 158 valence electrons. The number of aromatic nitrogens is 1. The smallest absolute Gasteiger partial charge is 0.341 e. The molecule has 3 N–H and O–H groups in total. The zero-order valence-corrected chi connectivity index (χ0v) is 17.5. The van der Waals surface area contributed by atoms with Gasteiger partial charge in [0.05, 0.1) is 5.69 Å². The second kappa shape index (κ2) is 9.19. The third kappa shape index (κ3) is 3.99. The van der Waals surface area contributed by atoms with Crippen molar-refractivity contribution in [1.29, 1.82) is 0 Å². The summed E-state index contributed by atoms with van der Waals surface area (Å²) >= 11 is 0. The number of fused-ring (bicyclic) bond motifs is 1. The summed E-state index contributed by atoms with van der Waals surface area (Å²) in [5.41, 5.74) is 2.88. The Labute approximate surface area is 177 Å². The first-order valence-corrected chi connectivity index (χ1v) is 10.4. The highest BCUT2D eigenvalue weighted by atomic mass is 16.4. The second-order valence-corrected chi connectivity index (χ2v) is 7.92. The number of carboxylic acids is 1. The van der Waals surface area contributed by atoms with Gasteiger partial charge in [-0.15, -0.1) is 12.8 Å². The monoisotopic (exact) mass is 407 g/mol. The zero-order chi connectivity index (χ0) is 21.8. The maximum atomic E-state index is 12.1. The van der Waals surface area contributed by atoms with E-state index in [1.165, 1.54) is 24.6 Å². The van der Waals surface area contributed by atoms with E-state index in [4.69, 9.17) is 0 Å². The molecule has 1 unspecified atom stereocenters. The number of anilines is 1. The minimum Gasteiger partial charge on any atom is -0.477 e. The van der Waals surface area contributed by atoms with Crippen LogP contribution in [0.5, 0.6) is 0 Å². The van der Waals surface area contributed by atoms with Gasteiger partial charge in [-0.1, -0.05) is 19.1 Å². The van der Waals surface area contributed by atoms with Crippen molar-refractivity contribution >= 4 is 11.7 Å². The Morgan fingerprint density at radius 1 is 1.23 bits per heavy atom. The van der Waals surface area contributed by atoms with Crippen LogP contribution in [0.15, 0.2) is 35.1 Å². The van der Waals surface area contributed by atoms with Crippen LogP contribution in [0.1, 0.15) is 35.7 Å². The molecule has 3 atom stereocenters. The summed E-state index contributed by atoms with van der Waals surface area (Å²) in [6.07, 6.45) is 11.2. The van der Waals surface area contributed by atoms with E-state index in [-0.39, 0.29) is 5.56 Å². The van der Waals surface area contributed by atoms with Crippen molar-refractivity contribution in [2.75, 3.05) is 25.0 Å². The molecule has 30 heavy (non-hydrogen) atoms. The molecule has 1 aromatic carbocycles. The van der Waals surface area contributed by atoms with E-state index < -0.39 is 11.5 Å². The molecular weight excluding hydrogens is 378 g/mol. The number of benzene rings is 1. The summed E-state index contributed by atoms with van der Waals surface area (Å²) in [5.74, 6) is 0.289. The number of aromatic carboxylic acids is 1. The predicted molar refractivity (Wildman–Crippen MR) is 120 cm³/mol. The van der Waals surface area contributed by atoms with Gasteiger partial charge in [-0.25, -0.2) is 4.79 Å². The number of nitrogens with one attached hydrogen (secondary N) is 2. The summed E-state index contributed by atoms with van der Waals surface area (Å²) < 4.78 is 0. The minimum atomic E-state index is -1.20. The molecule has 0 spiro atoms. The Morgan fingerprint density at radius 3 is 2.53 bits per heavy atom. The van der Waals surface area contributed by atoms with E-state index in [0.29, 0.717) is 18.2 Å². The number of aromatic amines is 1. The van der Waals surface area contributed by atoms with Crippen LogP contribution in [0.2, 0.25) is 0 Å². The summed E-state index contributed by atoms with van der Waals surface area (Å²) in [6.45, 7) is 4.14. The van der Waals surface area contributed by atoms with Crippen molar-refractivity contribution in [2.45, 2.75) is 32.2 Å². The van der Waals surface area contributed by atoms with Crippen LogP contribution in [-0.2, 0) is 6.42 Å². The van der Waals surface area contributed by atoms with Gasteiger partial charge in [0.2, 0.25) is 0 Å². The Kier molecular flexibility index (Phi) is 6.63. The fourth-order valence-electron chi connectivity index (χ4n) is 4.94. The average molecular weight is 408 g/mol. The molecule has 2 heterocycles. The van der Waals surface area contributed by atoms with Crippen molar-refractivity contribution in [3.63, 3.8) is 0 Å². The lowest BCUT2D eigenvalue weighted by Crippen LogP contribution is -2.33. The van der Waals surface area contributed by atoms with Gasteiger partial charge in [0.15, 0.2) is 0 Å². The molecule has 1 aromatic heterocycles. The summed E-state index contributed by atoms with van der Waals surface area (Å²) in [5, 5.41) is 12.6. The van der Waals surface area contributed by atoms with Gasteiger partial charge in [0.25, 0.3) is 5.56 Å². The number of rotatable bonds is 5. The third-order valence-electron chi connectivity index (χ3n) is 6.48. The van der Waals surface area contributed by atoms with Gasteiger partial charge >= 0.3 is 5.97 Å². The molecule has 1 aliphatic heterocycles. The number of H-pyrrole nitrogens is 1. The lowest BCUT2D eigenvalue weighted by molar-refractivity contribution is 0.0695. The van der Waals surface area contributed by atoms with Crippen LogP contribution in [0.25, 0.3) is 11.3 Å². The van der Waals surface area contributed by atoms with Crippen LogP contribution in [0.3, 0.4) is 0 Å². The molecule has 6 heteroatoms. The molecule has 2 fully saturated rings. The van der Waals surface area contributed by atoms with E-state index in [0.717, 1.165) is 36.1 Å². The molecule has 0 bridgehead atoms. The molecule has 6 nitrogen and oxygen atoms in total. The quantitative estimate of drug-likeness (QED) is 0.664. The number of carbonyl (C=O) groups is 1. The largest absolute Gasteiger partial charge is 0.477 e. The Balaban J connectivity index is 0.00000124. The standard InChI is InChI=1S/C22H27N3O3.C2H2/c1-3-13-10-17(22(27)28)21(26)24-20(13)14-4-7-16(8-5-14)25-11-15-6-9-19(23-2)18(15)12-25;1-2/h4-5,7-8,10,15,18-19,23H,3,6,9,11-12H2,1-2H3,(H,24,26)(H,27,28);1-2H/t15-,18?,19-;/m1./s1. The first kappa shape index (κ1) is 21.7. The lowest BCUT2D eigenvalue weighted by Gasteiger charge is -2.22. The second-order valence-electron chi connectivity index (χ2n) is 7.92. The molecule has 1 saturated carbocycles. The minimum absolute atomic E-state index is 0.208. The van der Waals surface area contributed by atoms with Crippen molar-refractivity contribution in [3.05, 3.63) is 51.8 Å². The number of hydrogen-bond acceptors (Lipinski definition) is 4. The number of nitrogens with zero attached hydrogens (tertiary/aromatic N) is 1. The maximum absolute atomic E-state index is 12.1. The van der Waals surface area contributed by atoms with Crippen molar-refractivity contribution < 1.29 is 9.90 Å². The van der Waals surface area contributed by atoms with Gasteiger partial charge in [-0.3, -0.25) is 4.79 Å². The maximum Gasteiger partial charge on any atom is 0.341 e. The molecule has 4 rings (SSSR count). The first-order valence-electron chi connectivity index (χ1n) is 10.4. The van der Waals surface area contributed by atoms with Gasteiger partial charge < -0.3 is 20.3 Å². The number of pyridine rings is 1. The highest BCUT2D eigenvalue weighted by molar-refractivity contribution is 5.88. The fraction of sp³-hybridized carbons (Fsp3) is 0.417. The van der Waals surface area contributed by atoms with Crippen molar-refractivity contribution in [3.8, 4) is 24.1 Å². The van der Waals surface area contributed by atoms with E-state index in [1.54, 1.807) is 0 Å². The fourth-order valence-corrected chi connectivity index (χ4v) is 4.94. The topological polar surface area (TPSA) is 85.4 Å². The van der Waals surface area contributed by atoms with Crippen LogP contribution >= 0.6 is 0 Å². The molecule has 1 aliphatic carbocycles. The zero-order valence-electron chi connectivity index (χ0n) is 17.5. The van der Waals surface area contributed by atoms with Crippen LogP contribution in [0.4, 0.5) is 5.69 Å². The van der Waals surface area contributed by atoms with Gasteiger partial charge in [-0.2, -0.15) is 0 Å². The normalized spacial score (nSPS) is 22.3. The lowest BCUT2D eigenvalue weighted by atomic mass is 9.98. The summed E-state index contributed by atoms with van der Waals surface area (Å²) in [4.78, 5) is 28.6. The average Bonchev–Trinajstić information content (AvgIpc) is 3.35. The van der Waals surface area contributed by atoms with Crippen molar-refractivity contribution in [2.24, 2.45) is 11.8 Å². The van der Waals surface area contributed by atoms with E-state index in [9.17, 15) is 14.7 Å². The number of hydrogen-bond donors (Lipinski definition) is 3. The molecule has 0 amide bonds. The molecule has 2 aliphatic rings. The highest BCUT2D eigenvalue weighted by Gasteiger charge is 2.41. The van der Waals surface area contributed by atoms with Gasteiger partial charge in [-0.05, 0) is 67.5 Å². The van der Waals surface area contributed by atoms with E-state index >= 15 is 0 Å². The molecule has 1 saturated heterocycles. The molecule has 2 aromatic rings. The van der Waals surface area contributed by atoms with Gasteiger partial charge in [0.1, 0.15) is 5.56 Å². The number of carboxylic acid groups (broad SMARTS) is 1. The summed E-state index contributed by atoms with van der Waals surface area (Å²) in [7, 11) is 2.06. The third-order valence-corrected chi connectivity index (χ3v) is 6.48. The first-order chi connectivity index (χ1) is 14.5. The van der Waals surface area contributed by atoms with Crippen molar-refractivity contribution in [1.82, 2.24) is 10.3 Å². The molecule has 0 radical (unpaired) electrons. The summed E-state index contributed by atoms with van der Waals surface area (Å²) in [6, 6.07) is 10.4. The SMILES string of the molecule is C#C.CCc1cc(C(=O)O)c(=O)[nH]c1-c1ccc(N2CC3[C@H](CC[C@H]3NC)C2)cc1. The molecular formula is C24H29N3O3. The highest BCUT2D eigenvalue weighted by Crippen LogP contribution is 2.40. The van der Waals surface area contributed by atoms with Crippen LogP contribution in [-0.4, -0.2) is 42.2 Å². The number of aryl methyl sites for hydroxylation is 1. The van der Waals surface area contributed by atoms with E-state index in [2.05, 4.69) is 47.2 Å². The van der Waals surface area contributed by atoms with Crippen LogP contribution in [0, 0.1) is 24.7 Å². The Morgan fingerprint density at radius 2 is 1.93 bits per heavy atom. The van der Waals surface area contributed by atoms with Crippen LogP contribution < -0.4 is 15.8 Å². The predicted octanol–water partition coefficient (Wildman–Crippen LogP) is 2.99. The Bertz CT molecular complexity index is 977. The van der Waals surface area contributed by atoms with E-state index in [1.807, 2.05) is 19.1 Å². The Hall–Kier alpha value is -3.04. The van der Waals surface area contributed by atoms with Gasteiger partial charge in [0, 0.05) is 24.8 Å².